The first-order valence-electron chi connectivity index (χ1n) is 9.68. The minimum Gasteiger partial charge on any atom is -0.497 e. The molecule has 160 valence electrons. The average Bonchev–Trinajstić information content (AvgIpc) is 3.29. The predicted molar refractivity (Wildman–Crippen MR) is 122 cm³/mol. The molecule has 0 bridgehead atoms. The number of methoxy groups -OCH3 is 1. The van der Waals surface area contributed by atoms with Gasteiger partial charge in [-0.25, -0.2) is 14.5 Å². The second-order valence-electron chi connectivity index (χ2n) is 6.74. The minimum atomic E-state index is -0.778. The summed E-state index contributed by atoms with van der Waals surface area (Å²) < 4.78 is 12.8. The molecular weight excluding hydrogens is 474 g/mol. The average molecular weight is 492 g/mol. The lowest BCUT2D eigenvalue weighted by Crippen LogP contribution is -2.15. The van der Waals surface area contributed by atoms with Crippen LogP contribution < -0.4 is 4.74 Å². The van der Waals surface area contributed by atoms with E-state index in [1.165, 1.54) is 0 Å². The third-order valence-corrected chi connectivity index (χ3v) is 5.17. The molecule has 0 spiro atoms. The van der Waals surface area contributed by atoms with Crippen molar-refractivity contribution in [3.8, 4) is 22.8 Å². The first kappa shape index (κ1) is 21.5. The highest BCUT2D eigenvalue weighted by Crippen LogP contribution is 2.23. The van der Waals surface area contributed by atoms with Gasteiger partial charge in [-0.05, 0) is 36.4 Å². The third-order valence-electron chi connectivity index (χ3n) is 4.64. The van der Waals surface area contributed by atoms with Gasteiger partial charge in [-0.1, -0.05) is 58.4 Å². The van der Waals surface area contributed by atoms with E-state index in [0.717, 1.165) is 10.0 Å². The summed E-state index contributed by atoms with van der Waals surface area (Å²) in [6, 6.07) is 23.4. The van der Waals surface area contributed by atoms with Crippen LogP contribution in [-0.2, 0) is 4.74 Å². The van der Waals surface area contributed by atoms with Crippen LogP contribution >= 0.6 is 15.9 Å². The van der Waals surface area contributed by atoms with Gasteiger partial charge in [-0.15, -0.1) is 5.10 Å². The molecule has 0 fully saturated rings. The number of benzene rings is 3. The molecule has 1 heterocycles. The maximum Gasteiger partial charge on any atom is 0.378 e. The summed E-state index contributed by atoms with van der Waals surface area (Å²) in [5.41, 5.74) is 1.92. The van der Waals surface area contributed by atoms with Crippen molar-refractivity contribution in [3.63, 3.8) is 0 Å². The Morgan fingerprint density at radius 3 is 2.28 bits per heavy atom. The summed E-state index contributed by atoms with van der Waals surface area (Å²) in [5, 5.41) is 4.35. The number of hydrogen-bond donors (Lipinski definition) is 0. The molecule has 3 aromatic carbocycles. The van der Waals surface area contributed by atoms with Gasteiger partial charge < -0.3 is 9.47 Å². The first-order chi connectivity index (χ1) is 15.5. The van der Waals surface area contributed by atoms with Crippen LogP contribution in [0.3, 0.4) is 0 Å². The minimum absolute atomic E-state index is 0.136. The van der Waals surface area contributed by atoms with Gasteiger partial charge in [0.15, 0.2) is 18.2 Å². The monoisotopic (exact) mass is 491 g/mol. The molecule has 0 atom stereocenters. The molecule has 0 amide bonds. The van der Waals surface area contributed by atoms with Gasteiger partial charge in [-0.3, -0.25) is 4.79 Å². The molecule has 0 aliphatic rings. The van der Waals surface area contributed by atoms with E-state index in [1.54, 1.807) is 48.2 Å². The Bertz CT molecular complexity index is 1240. The van der Waals surface area contributed by atoms with Crippen molar-refractivity contribution in [3.05, 3.63) is 94.7 Å². The van der Waals surface area contributed by atoms with Crippen LogP contribution in [0.5, 0.6) is 5.75 Å². The molecule has 0 saturated carbocycles. The molecule has 32 heavy (non-hydrogen) atoms. The highest BCUT2D eigenvalue weighted by molar-refractivity contribution is 9.10. The summed E-state index contributed by atoms with van der Waals surface area (Å²) in [5.74, 6) is -0.0601. The van der Waals surface area contributed by atoms with Crippen molar-refractivity contribution in [1.82, 2.24) is 14.8 Å². The molecule has 0 radical (unpaired) electrons. The number of carbonyl (C=O) groups excluding carboxylic acids is 2. The van der Waals surface area contributed by atoms with Crippen molar-refractivity contribution in [2.45, 2.75) is 0 Å². The van der Waals surface area contributed by atoms with Crippen molar-refractivity contribution in [1.29, 1.82) is 0 Å². The Morgan fingerprint density at radius 2 is 1.62 bits per heavy atom. The fraction of sp³-hybridized carbons (Fsp3) is 0.0833. The quantitative estimate of drug-likeness (QED) is 0.274. The fourth-order valence-corrected chi connectivity index (χ4v) is 3.26. The van der Waals surface area contributed by atoms with Crippen LogP contribution in [0.15, 0.2) is 83.3 Å². The number of ketones is 1. The van der Waals surface area contributed by atoms with Crippen molar-refractivity contribution >= 4 is 27.7 Å². The van der Waals surface area contributed by atoms with Crippen molar-refractivity contribution in [2.75, 3.05) is 13.7 Å². The van der Waals surface area contributed by atoms with Crippen LogP contribution in [0.4, 0.5) is 0 Å². The van der Waals surface area contributed by atoms with Gasteiger partial charge in [0.2, 0.25) is 0 Å². The number of esters is 1. The number of hydrogen-bond acceptors (Lipinski definition) is 6. The number of ether oxygens (including phenoxy) is 2. The summed E-state index contributed by atoms with van der Waals surface area (Å²) in [6.07, 6.45) is 0. The molecule has 4 rings (SSSR count). The van der Waals surface area contributed by atoms with E-state index in [2.05, 4.69) is 26.0 Å². The lowest BCUT2D eigenvalue weighted by molar-refractivity contribution is 0.0462. The van der Waals surface area contributed by atoms with E-state index >= 15 is 0 Å². The zero-order valence-corrected chi connectivity index (χ0v) is 18.7. The molecule has 0 saturated heterocycles. The fourth-order valence-electron chi connectivity index (χ4n) is 2.99. The van der Waals surface area contributed by atoms with Crippen LogP contribution in [0.25, 0.3) is 17.1 Å². The number of carbonyl (C=O) groups is 2. The molecule has 0 N–H and O–H groups in total. The second kappa shape index (κ2) is 9.57. The number of nitrogens with zero attached hydrogens (tertiary/aromatic N) is 3. The van der Waals surface area contributed by atoms with Gasteiger partial charge in [-0.2, -0.15) is 0 Å². The summed E-state index contributed by atoms with van der Waals surface area (Å²) >= 11 is 3.32. The maximum atomic E-state index is 12.6. The maximum absolute atomic E-state index is 12.6. The summed E-state index contributed by atoms with van der Waals surface area (Å²) in [7, 11) is 1.59. The number of halogens is 1. The van der Waals surface area contributed by atoms with E-state index in [-0.39, 0.29) is 11.6 Å². The SMILES string of the molecule is COc1ccc(-n2nc(C(=O)OCC(=O)c3ccc(Br)cc3)nc2-c2ccccc2)cc1. The van der Waals surface area contributed by atoms with E-state index < -0.39 is 12.6 Å². The second-order valence-corrected chi connectivity index (χ2v) is 7.66. The molecular formula is C24H18BrN3O4. The normalized spacial score (nSPS) is 10.6. The lowest BCUT2D eigenvalue weighted by atomic mass is 10.1. The van der Waals surface area contributed by atoms with Crippen LogP contribution in [-0.4, -0.2) is 40.2 Å². The Hall–Kier alpha value is -3.78. The van der Waals surface area contributed by atoms with E-state index in [1.807, 2.05) is 42.5 Å². The first-order valence-corrected chi connectivity index (χ1v) is 10.5. The zero-order valence-electron chi connectivity index (χ0n) is 17.1. The topological polar surface area (TPSA) is 83.3 Å². The van der Waals surface area contributed by atoms with Crippen LogP contribution in [0.1, 0.15) is 21.0 Å². The van der Waals surface area contributed by atoms with Gasteiger partial charge >= 0.3 is 5.97 Å². The van der Waals surface area contributed by atoms with E-state index in [9.17, 15) is 9.59 Å². The summed E-state index contributed by atoms with van der Waals surface area (Å²) in [6.45, 7) is -0.405. The molecule has 1 aromatic heterocycles. The van der Waals surface area contributed by atoms with E-state index in [0.29, 0.717) is 22.8 Å². The highest BCUT2D eigenvalue weighted by Gasteiger charge is 2.21. The van der Waals surface area contributed by atoms with Crippen molar-refractivity contribution in [2.24, 2.45) is 0 Å². The molecule has 0 unspecified atom stereocenters. The van der Waals surface area contributed by atoms with Crippen molar-refractivity contribution < 1.29 is 19.1 Å². The number of Topliss-reactive ketones (excluding diaryl/α,β-unsaturated/α-hetero) is 1. The predicted octanol–water partition coefficient (Wildman–Crippen LogP) is 4.75. The smallest absolute Gasteiger partial charge is 0.378 e. The summed E-state index contributed by atoms with van der Waals surface area (Å²) in [4.78, 5) is 29.3. The largest absolute Gasteiger partial charge is 0.497 e. The standard InChI is InChI=1S/C24H18BrN3O4/c1-31-20-13-11-19(12-14-20)28-23(17-5-3-2-4-6-17)26-22(27-28)24(30)32-15-21(29)16-7-9-18(25)10-8-16/h2-14H,15H2,1H3. The molecule has 8 heteroatoms. The Labute approximate surface area is 192 Å². The number of aromatic nitrogens is 3. The highest BCUT2D eigenvalue weighted by atomic mass is 79.9. The van der Waals surface area contributed by atoms with Crippen LogP contribution in [0.2, 0.25) is 0 Å². The third kappa shape index (κ3) is 4.76. The van der Waals surface area contributed by atoms with Gasteiger partial charge in [0.25, 0.3) is 5.82 Å². The zero-order chi connectivity index (χ0) is 22.5. The molecule has 0 aliphatic heterocycles. The lowest BCUT2D eigenvalue weighted by Gasteiger charge is -2.07. The number of rotatable bonds is 7. The van der Waals surface area contributed by atoms with Gasteiger partial charge in [0, 0.05) is 15.6 Å². The Morgan fingerprint density at radius 1 is 0.938 bits per heavy atom. The Kier molecular flexibility index (Phi) is 6.42. The van der Waals surface area contributed by atoms with Gasteiger partial charge in [0.05, 0.1) is 12.8 Å². The van der Waals surface area contributed by atoms with Gasteiger partial charge in [0.1, 0.15) is 5.75 Å². The Balaban J connectivity index is 1.59. The van der Waals surface area contributed by atoms with E-state index in [4.69, 9.17) is 9.47 Å². The molecule has 4 aromatic rings. The molecule has 0 aliphatic carbocycles. The van der Waals surface area contributed by atoms with Crippen LogP contribution in [0, 0.1) is 0 Å². The molecule has 7 nitrogen and oxygen atoms in total.